The molecule has 7 aromatic rings. The maximum absolute atomic E-state index is 4.66. The Bertz CT molecular complexity index is 1880. The first-order valence-corrected chi connectivity index (χ1v) is 12.7. The Kier molecular flexibility index (Phi) is 5.08. The van der Waals surface area contributed by atoms with Gasteiger partial charge in [-0.05, 0) is 85.3 Å². The van der Waals surface area contributed by atoms with Crippen LogP contribution in [0.4, 0.5) is 0 Å². The van der Waals surface area contributed by atoms with Crippen LogP contribution in [0.3, 0.4) is 0 Å². The summed E-state index contributed by atoms with van der Waals surface area (Å²) >= 11 is 0. The van der Waals surface area contributed by atoms with E-state index in [1.807, 2.05) is 12.3 Å². The van der Waals surface area contributed by atoms with Crippen molar-refractivity contribution in [2.75, 3.05) is 0 Å². The predicted molar refractivity (Wildman–Crippen MR) is 158 cm³/mol. The van der Waals surface area contributed by atoms with Gasteiger partial charge in [-0.25, -0.2) is 0 Å². The van der Waals surface area contributed by atoms with E-state index in [0.717, 1.165) is 11.3 Å². The molecule has 0 unspecified atom stereocenters. The first kappa shape index (κ1) is 21.5. The zero-order valence-electron chi connectivity index (χ0n) is 20.6. The smallest absolute Gasteiger partial charge is 0.0731 e. The van der Waals surface area contributed by atoms with Crippen molar-refractivity contribution >= 4 is 32.3 Å². The molecule has 0 spiro atoms. The summed E-state index contributed by atoms with van der Waals surface area (Å²) in [6.45, 7) is 2.12. The van der Waals surface area contributed by atoms with Crippen molar-refractivity contribution < 1.29 is 0 Å². The highest BCUT2D eigenvalue weighted by Gasteiger charge is 2.16. The van der Waals surface area contributed by atoms with Crippen molar-refractivity contribution in [2.45, 2.75) is 6.92 Å². The van der Waals surface area contributed by atoms with Crippen LogP contribution < -0.4 is 0 Å². The van der Waals surface area contributed by atoms with Gasteiger partial charge in [-0.3, -0.25) is 4.98 Å². The number of aryl methyl sites for hydroxylation is 1. The minimum atomic E-state index is 1.04. The van der Waals surface area contributed by atoms with Crippen molar-refractivity contribution in [3.05, 3.63) is 139 Å². The van der Waals surface area contributed by atoms with Gasteiger partial charge in [0.15, 0.2) is 0 Å². The van der Waals surface area contributed by atoms with Crippen LogP contribution in [-0.4, -0.2) is 4.98 Å². The molecule has 6 aromatic carbocycles. The van der Waals surface area contributed by atoms with Gasteiger partial charge in [-0.15, -0.1) is 0 Å². The molecule has 1 nitrogen and oxygen atoms in total. The van der Waals surface area contributed by atoms with E-state index in [1.165, 1.54) is 60.1 Å². The van der Waals surface area contributed by atoms with E-state index >= 15 is 0 Å². The topological polar surface area (TPSA) is 12.9 Å². The Morgan fingerprint density at radius 2 is 0.973 bits per heavy atom. The molecule has 0 amide bonds. The number of fused-ring (bicyclic) bond motifs is 3. The van der Waals surface area contributed by atoms with Crippen molar-refractivity contribution in [3.63, 3.8) is 0 Å². The van der Waals surface area contributed by atoms with Crippen molar-refractivity contribution in [3.8, 4) is 33.5 Å². The fraction of sp³-hybridized carbons (Fsp3) is 0.0278. The molecule has 174 valence electrons. The monoisotopic (exact) mass is 471 g/mol. The summed E-state index contributed by atoms with van der Waals surface area (Å²) in [6, 6.07) is 46.0. The average Bonchev–Trinajstić information content (AvgIpc) is 2.96. The largest absolute Gasteiger partial charge is 0.256 e. The third kappa shape index (κ3) is 3.59. The molecule has 0 bridgehead atoms. The predicted octanol–water partition coefficient (Wildman–Crippen LogP) is 9.85. The molecule has 0 radical (unpaired) electrons. The van der Waals surface area contributed by atoms with Crippen LogP contribution in [-0.2, 0) is 0 Å². The average molecular weight is 472 g/mol. The lowest BCUT2D eigenvalue weighted by Crippen LogP contribution is -1.91. The number of rotatable bonds is 3. The van der Waals surface area contributed by atoms with Crippen LogP contribution in [0.2, 0.25) is 0 Å². The SMILES string of the molecule is Cc1cccnc1-c1ccc2ccc(-c3c4ccccc4c(-c4ccccc4)c4ccccc34)cc2c1. The third-order valence-electron chi connectivity index (χ3n) is 7.41. The lowest BCUT2D eigenvalue weighted by atomic mass is 9.85. The van der Waals surface area contributed by atoms with E-state index in [1.54, 1.807) is 0 Å². The molecule has 1 heterocycles. The second-order valence-electron chi connectivity index (χ2n) is 9.65. The Morgan fingerprint density at radius 1 is 0.432 bits per heavy atom. The molecule has 0 aliphatic heterocycles. The summed E-state index contributed by atoms with van der Waals surface area (Å²) in [5, 5.41) is 7.56. The second-order valence-corrected chi connectivity index (χ2v) is 9.65. The molecule has 1 aromatic heterocycles. The standard InChI is InChI=1S/C36H25N/c1-24-10-9-21-37-36(24)28-20-18-25-17-19-27(22-29(25)23-28)35-32-15-7-5-13-30(32)34(26-11-3-2-4-12-26)31-14-6-8-16-33(31)35/h2-23H,1H3. The number of benzene rings is 6. The fourth-order valence-electron chi connectivity index (χ4n) is 5.69. The van der Waals surface area contributed by atoms with Crippen LogP contribution in [0.15, 0.2) is 134 Å². The van der Waals surface area contributed by atoms with E-state index < -0.39 is 0 Å². The van der Waals surface area contributed by atoms with Crippen molar-refractivity contribution in [1.82, 2.24) is 4.98 Å². The Hall–Kier alpha value is -4.75. The van der Waals surface area contributed by atoms with Gasteiger partial charge in [0, 0.05) is 11.8 Å². The second kappa shape index (κ2) is 8.72. The fourth-order valence-corrected chi connectivity index (χ4v) is 5.69. The quantitative estimate of drug-likeness (QED) is 0.234. The number of aromatic nitrogens is 1. The highest BCUT2D eigenvalue weighted by atomic mass is 14.7. The van der Waals surface area contributed by atoms with E-state index in [2.05, 4.69) is 133 Å². The van der Waals surface area contributed by atoms with E-state index in [-0.39, 0.29) is 0 Å². The maximum Gasteiger partial charge on any atom is 0.0731 e. The molecule has 0 N–H and O–H groups in total. The Balaban J connectivity index is 1.52. The zero-order chi connectivity index (χ0) is 24.8. The molecule has 1 heteroatoms. The van der Waals surface area contributed by atoms with Gasteiger partial charge in [0.05, 0.1) is 5.69 Å². The summed E-state index contributed by atoms with van der Waals surface area (Å²) in [6.07, 6.45) is 1.87. The van der Waals surface area contributed by atoms with Crippen LogP contribution >= 0.6 is 0 Å². The van der Waals surface area contributed by atoms with Gasteiger partial charge in [-0.2, -0.15) is 0 Å². The lowest BCUT2D eigenvalue weighted by Gasteiger charge is -2.18. The highest BCUT2D eigenvalue weighted by molar-refractivity contribution is 6.21. The van der Waals surface area contributed by atoms with Crippen LogP contribution in [0, 0.1) is 6.92 Å². The van der Waals surface area contributed by atoms with Crippen molar-refractivity contribution in [2.24, 2.45) is 0 Å². The van der Waals surface area contributed by atoms with Gasteiger partial charge >= 0.3 is 0 Å². The van der Waals surface area contributed by atoms with Crippen LogP contribution in [0.25, 0.3) is 65.8 Å². The van der Waals surface area contributed by atoms with Crippen LogP contribution in [0.5, 0.6) is 0 Å². The van der Waals surface area contributed by atoms with Gasteiger partial charge in [0.2, 0.25) is 0 Å². The normalized spacial score (nSPS) is 11.4. The molecule has 0 atom stereocenters. The third-order valence-corrected chi connectivity index (χ3v) is 7.41. The van der Waals surface area contributed by atoms with Gasteiger partial charge in [0.1, 0.15) is 0 Å². The van der Waals surface area contributed by atoms with Gasteiger partial charge < -0.3 is 0 Å². The van der Waals surface area contributed by atoms with E-state index in [9.17, 15) is 0 Å². The summed E-state index contributed by atoms with van der Waals surface area (Å²) in [5.74, 6) is 0. The molecular weight excluding hydrogens is 446 g/mol. The molecule has 0 saturated carbocycles. The van der Waals surface area contributed by atoms with Gasteiger partial charge in [0.25, 0.3) is 0 Å². The number of hydrogen-bond acceptors (Lipinski definition) is 1. The van der Waals surface area contributed by atoms with Gasteiger partial charge in [-0.1, -0.05) is 109 Å². The minimum Gasteiger partial charge on any atom is -0.256 e. The zero-order valence-corrected chi connectivity index (χ0v) is 20.6. The summed E-state index contributed by atoms with van der Waals surface area (Å²) in [5.41, 5.74) is 8.43. The van der Waals surface area contributed by atoms with E-state index in [4.69, 9.17) is 0 Å². The number of hydrogen-bond donors (Lipinski definition) is 0. The Labute approximate surface area is 216 Å². The summed E-state index contributed by atoms with van der Waals surface area (Å²) in [7, 11) is 0. The molecular formula is C36H25N. The lowest BCUT2D eigenvalue weighted by molar-refractivity contribution is 1.27. The number of nitrogens with zero attached hydrogens (tertiary/aromatic N) is 1. The first-order chi connectivity index (χ1) is 18.3. The molecule has 0 aliphatic rings. The first-order valence-electron chi connectivity index (χ1n) is 12.7. The molecule has 0 fully saturated rings. The summed E-state index contributed by atoms with van der Waals surface area (Å²) < 4.78 is 0. The maximum atomic E-state index is 4.66. The Morgan fingerprint density at radius 3 is 1.59 bits per heavy atom. The molecule has 0 aliphatic carbocycles. The number of pyridine rings is 1. The van der Waals surface area contributed by atoms with E-state index in [0.29, 0.717) is 0 Å². The van der Waals surface area contributed by atoms with Crippen molar-refractivity contribution in [1.29, 1.82) is 0 Å². The molecule has 0 saturated heterocycles. The molecule has 7 rings (SSSR count). The minimum absolute atomic E-state index is 1.04. The summed E-state index contributed by atoms with van der Waals surface area (Å²) in [4.78, 5) is 4.66. The molecule has 37 heavy (non-hydrogen) atoms. The highest BCUT2D eigenvalue weighted by Crippen LogP contribution is 2.44. The van der Waals surface area contributed by atoms with Crippen LogP contribution in [0.1, 0.15) is 5.56 Å².